The predicted molar refractivity (Wildman–Crippen MR) is 76.3 cm³/mol. The first-order valence-corrected chi connectivity index (χ1v) is 7.00. The summed E-state index contributed by atoms with van der Waals surface area (Å²) in [5, 5.41) is 9.80. The van der Waals surface area contributed by atoms with Crippen molar-refractivity contribution < 1.29 is 23.0 Å². The van der Waals surface area contributed by atoms with Gasteiger partial charge in [-0.3, -0.25) is 0 Å². The number of rotatable bonds is 6. The molecule has 1 unspecified atom stereocenters. The van der Waals surface area contributed by atoms with Gasteiger partial charge in [-0.2, -0.15) is 13.2 Å². The summed E-state index contributed by atoms with van der Waals surface area (Å²) < 4.78 is 40.1. The van der Waals surface area contributed by atoms with Crippen LogP contribution >= 0.6 is 0 Å². The lowest BCUT2D eigenvalue weighted by Gasteiger charge is -2.19. The molecule has 0 spiro atoms. The topological polar surface area (TPSA) is 29.5 Å². The molecule has 0 heterocycles. The van der Waals surface area contributed by atoms with Crippen molar-refractivity contribution >= 4 is 0 Å². The summed E-state index contributed by atoms with van der Waals surface area (Å²) in [6.07, 6.45) is -4.40. The summed E-state index contributed by atoms with van der Waals surface area (Å²) in [7, 11) is 0. The van der Waals surface area contributed by atoms with Crippen molar-refractivity contribution in [3.63, 3.8) is 0 Å². The van der Waals surface area contributed by atoms with Crippen LogP contribution in [0.25, 0.3) is 0 Å². The molecule has 120 valence electrons. The third-order valence-corrected chi connectivity index (χ3v) is 3.15. The molecule has 0 saturated carbocycles. The Kier molecular flexibility index (Phi) is 6.23. The molecule has 0 aliphatic carbocycles. The molecule has 0 aliphatic heterocycles. The summed E-state index contributed by atoms with van der Waals surface area (Å²) in [4.78, 5) is 0. The fourth-order valence-electron chi connectivity index (χ4n) is 1.92. The van der Waals surface area contributed by atoms with Crippen LogP contribution in [0, 0.1) is 0 Å². The number of aliphatic hydroxyl groups excluding tert-OH is 1. The fourth-order valence-corrected chi connectivity index (χ4v) is 1.92. The minimum absolute atomic E-state index is 0.0720. The smallest absolute Gasteiger partial charge is 0.393 e. The van der Waals surface area contributed by atoms with Gasteiger partial charge in [0.15, 0.2) is 0 Å². The molecule has 1 N–H and O–H groups in total. The van der Waals surface area contributed by atoms with Crippen molar-refractivity contribution in [1.29, 1.82) is 0 Å². The van der Waals surface area contributed by atoms with Gasteiger partial charge in [-0.25, -0.2) is 0 Å². The largest absolute Gasteiger partial charge is 0.411 e. The van der Waals surface area contributed by atoms with Crippen molar-refractivity contribution in [2.75, 3.05) is 13.2 Å². The van der Waals surface area contributed by atoms with Crippen LogP contribution in [0.4, 0.5) is 13.2 Å². The van der Waals surface area contributed by atoms with E-state index in [2.05, 4.69) is 25.5 Å². The van der Waals surface area contributed by atoms with Gasteiger partial charge in [0.25, 0.3) is 0 Å². The highest BCUT2D eigenvalue weighted by Gasteiger charge is 2.27. The van der Waals surface area contributed by atoms with Crippen LogP contribution in [0.5, 0.6) is 0 Å². The highest BCUT2D eigenvalue weighted by molar-refractivity contribution is 5.27. The van der Waals surface area contributed by atoms with Crippen molar-refractivity contribution in [2.24, 2.45) is 0 Å². The Bertz CT molecular complexity index is 419. The molecule has 1 aromatic carbocycles. The number of alkyl halides is 3. The van der Waals surface area contributed by atoms with Gasteiger partial charge in [0.2, 0.25) is 0 Å². The predicted octanol–water partition coefficient (Wildman–Crippen LogP) is 3.86. The third-order valence-electron chi connectivity index (χ3n) is 3.15. The van der Waals surface area contributed by atoms with Gasteiger partial charge in [-0.15, -0.1) is 0 Å². The summed E-state index contributed by atoms with van der Waals surface area (Å²) in [6.45, 7) is 5.00. The van der Waals surface area contributed by atoms with Crippen LogP contribution in [0.2, 0.25) is 0 Å². The minimum atomic E-state index is -4.31. The van der Waals surface area contributed by atoms with E-state index >= 15 is 0 Å². The molecule has 0 bridgehead atoms. The molecule has 0 aromatic heterocycles. The van der Waals surface area contributed by atoms with E-state index in [0.29, 0.717) is 6.42 Å². The molecule has 1 atom stereocenters. The molecule has 0 radical (unpaired) electrons. The Balaban J connectivity index is 2.36. The molecule has 0 fully saturated rings. The maximum atomic E-state index is 11.9. The standard InChI is InChI=1S/C16H23F3O2/c1-15(2,3)13-6-4-12(5-7-13)10-14(20)8-9-21-11-16(17,18)19/h4-7,14,20H,8-11H2,1-3H3. The zero-order valence-electron chi connectivity index (χ0n) is 12.7. The van der Waals surface area contributed by atoms with E-state index in [4.69, 9.17) is 0 Å². The molecule has 1 rings (SSSR count). The Morgan fingerprint density at radius 1 is 1.10 bits per heavy atom. The first-order chi connectivity index (χ1) is 9.58. The second-order valence-corrected chi connectivity index (χ2v) is 6.26. The van der Waals surface area contributed by atoms with Crippen LogP contribution in [-0.2, 0) is 16.6 Å². The SMILES string of the molecule is CC(C)(C)c1ccc(CC(O)CCOCC(F)(F)F)cc1. The first-order valence-electron chi connectivity index (χ1n) is 7.00. The summed E-state index contributed by atoms with van der Waals surface area (Å²) >= 11 is 0. The molecule has 2 nitrogen and oxygen atoms in total. The Labute approximate surface area is 123 Å². The zero-order chi connectivity index (χ0) is 16.1. The maximum Gasteiger partial charge on any atom is 0.411 e. The number of hydrogen-bond donors (Lipinski definition) is 1. The van der Waals surface area contributed by atoms with Gasteiger partial charge in [-0.1, -0.05) is 45.0 Å². The normalized spacial score (nSPS) is 14.2. The number of ether oxygens (including phenoxy) is 1. The Morgan fingerprint density at radius 3 is 2.14 bits per heavy atom. The number of aliphatic hydroxyl groups is 1. The Hall–Kier alpha value is -1.07. The van der Waals surface area contributed by atoms with Crippen LogP contribution in [0.15, 0.2) is 24.3 Å². The van der Waals surface area contributed by atoms with E-state index in [0.717, 1.165) is 5.56 Å². The van der Waals surface area contributed by atoms with Gasteiger partial charge in [0.1, 0.15) is 6.61 Å². The van der Waals surface area contributed by atoms with Gasteiger partial charge in [0, 0.05) is 6.61 Å². The van der Waals surface area contributed by atoms with Crippen molar-refractivity contribution in [1.82, 2.24) is 0 Å². The summed E-state index contributed by atoms with van der Waals surface area (Å²) in [5.41, 5.74) is 2.24. The third kappa shape index (κ3) is 7.48. The van der Waals surface area contributed by atoms with Crippen molar-refractivity contribution in [3.8, 4) is 0 Å². The maximum absolute atomic E-state index is 11.9. The lowest BCUT2D eigenvalue weighted by molar-refractivity contribution is -0.175. The lowest BCUT2D eigenvalue weighted by atomic mass is 9.86. The molecule has 0 amide bonds. The van der Waals surface area contributed by atoms with Crippen molar-refractivity contribution in [3.05, 3.63) is 35.4 Å². The van der Waals surface area contributed by atoms with E-state index in [1.165, 1.54) is 5.56 Å². The number of halogens is 3. The minimum Gasteiger partial charge on any atom is -0.393 e. The molecule has 5 heteroatoms. The second kappa shape index (κ2) is 7.27. The van der Waals surface area contributed by atoms with E-state index in [1.807, 2.05) is 24.3 Å². The average molecular weight is 304 g/mol. The monoisotopic (exact) mass is 304 g/mol. The van der Waals surface area contributed by atoms with Crippen LogP contribution in [-0.4, -0.2) is 30.6 Å². The first kappa shape index (κ1) is 18.0. The quantitative estimate of drug-likeness (QED) is 0.809. The summed E-state index contributed by atoms with van der Waals surface area (Å²) in [6, 6.07) is 7.92. The Morgan fingerprint density at radius 2 is 1.67 bits per heavy atom. The molecular formula is C16H23F3O2. The van der Waals surface area contributed by atoms with Crippen molar-refractivity contribution in [2.45, 2.75) is 51.3 Å². The highest BCUT2D eigenvalue weighted by atomic mass is 19.4. The number of hydrogen-bond acceptors (Lipinski definition) is 2. The highest BCUT2D eigenvalue weighted by Crippen LogP contribution is 2.22. The zero-order valence-corrected chi connectivity index (χ0v) is 12.7. The van der Waals surface area contributed by atoms with E-state index < -0.39 is 18.9 Å². The van der Waals surface area contributed by atoms with Crippen LogP contribution in [0.3, 0.4) is 0 Å². The van der Waals surface area contributed by atoms with Crippen LogP contribution in [0.1, 0.15) is 38.3 Å². The van der Waals surface area contributed by atoms with Gasteiger partial charge >= 0.3 is 6.18 Å². The molecular weight excluding hydrogens is 281 g/mol. The van der Waals surface area contributed by atoms with Gasteiger partial charge in [0.05, 0.1) is 6.10 Å². The fraction of sp³-hybridized carbons (Fsp3) is 0.625. The summed E-state index contributed by atoms with van der Waals surface area (Å²) in [5.74, 6) is 0. The van der Waals surface area contributed by atoms with E-state index in [1.54, 1.807) is 0 Å². The molecule has 0 aliphatic rings. The molecule has 1 aromatic rings. The second-order valence-electron chi connectivity index (χ2n) is 6.26. The lowest BCUT2D eigenvalue weighted by Crippen LogP contribution is -2.20. The van der Waals surface area contributed by atoms with Crippen LogP contribution < -0.4 is 0 Å². The number of benzene rings is 1. The van der Waals surface area contributed by atoms with Gasteiger partial charge < -0.3 is 9.84 Å². The van der Waals surface area contributed by atoms with E-state index in [-0.39, 0.29) is 18.4 Å². The average Bonchev–Trinajstić information content (AvgIpc) is 2.33. The van der Waals surface area contributed by atoms with E-state index in [9.17, 15) is 18.3 Å². The molecule has 0 saturated heterocycles. The van der Waals surface area contributed by atoms with Gasteiger partial charge in [-0.05, 0) is 29.4 Å². The molecule has 21 heavy (non-hydrogen) atoms.